The summed E-state index contributed by atoms with van der Waals surface area (Å²) in [7, 11) is -3.87. The number of carbonyl (C=O) groups excluding carboxylic acids is 2. The number of ether oxygens (including phenoxy) is 1. The average molecular weight is 602 g/mol. The molecule has 3 aromatic rings. The van der Waals surface area contributed by atoms with Crippen molar-refractivity contribution in [3.05, 3.63) is 101 Å². The number of rotatable bonds is 8. The van der Waals surface area contributed by atoms with Crippen molar-refractivity contribution < 1.29 is 22.7 Å². The molecular formula is C27H24ClN3O5S3. The van der Waals surface area contributed by atoms with Crippen LogP contribution in [0.15, 0.2) is 94.2 Å². The van der Waals surface area contributed by atoms with E-state index in [0.717, 1.165) is 11.1 Å². The van der Waals surface area contributed by atoms with E-state index in [-0.39, 0.29) is 10.6 Å². The van der Waals surface area contributed by atoms with E-state index in [9.17, 15) is 18.0 Å². The number of benzene rings is 3. The van der Waals surface area contributed by atoms with Crippen LogP contribution in [0.5, 0.6) is 0 Å². The molecule has 39 heavy (non-hydrogen) atoms. The molecule has 0 unspecified atom stereocenters. The first-order chi connectivity index (χ1) is 18.6. The largest absolute Gasteiger partial charge is 0.451 e. The lowest BCUT2D eigenvalue weighted by Gasteiger charge is -2.38. The Morgan fingerprint density at radius 1 is 1.03 bits per heavy atom. The van der Waals surface area contributed by atoms with E-state index in [1.54, 1.807) is 0 Å². The van der Waals surface area contributed by atoms with Crippen molar-refractivity contribution in [3.8, 4) is 0 Å². The summed E-state index contributed by atoms with van der Waals surface area (Å²) >= 11 is 7.79. The van der Waals surface area contributed by atoms with Crippen molar-refractivity contribution >= 4 is 63.1 Å². The van der Waals surface area contributed by atoms with Crippen LogP contribution in [0.1, 0.15) is 31.1 Å². The van der Waals surface area contributed by atoms with Gasteiger partial charge >= 0.3 is 5.97 Å². The van der Waals surface area contributed by atoms with Crippen LogP contribution in [0, 0.1) is 0 Å². The quantitative estimate of drug-likeness (QED) is 0.220. The van der Waals surface area contributed by atoms with Crippen LogP contribution in [-0.2, 0) is 24.3 Å². The number of sulfonamides is 1. The van der Waals surface area contributed by atoms with Gasteiger partial charge in [-0.15, -0.1) is 15.9 Å². The number of esters is 1. The van der Waals surface area contributed by atoms with E-state index < -0.39 is 44.2 Å². The molecule has 0 radical (unpaired) electrons. The Balaban J connectivity index is 1.31. The number of halogens is 1. The van der Waals surface area contributed by atoms with Gasteiger partial charge in [-0.2, -0.15) is 4.40 Å². The molecular weight excluding hydrogens is 578 g/mol. The third-order valence-corrected chi connectivity index (χ3v) is 10.5. The summed E-state index contributed by atoms with van der Waals surface area (Å²) in [5.74, 6) is -0.953. The fraction of sp³-hybridized carbons (Fsp3) is 0.222. The molecule has 2 aliphatic rings. The van der Waals surface area contributed by atoms with Gasteiger partial charge in [-0.05, 0) is 49.2 Å². The number of hydrogen-bond donors (Lipinski definition) is 1. The number of β-lactam (4-membered cyclic amide) rings is 1. The van der Waals surface area contributed by atoms with Gasteiger partial charge in [0, 0.05) is 9.77 Å². The highest BCUT2D eigenvalue weighted by molar-refractivity contribution is 8.08. The van der Waals surface area contributed by atoms with Crippen LogP contribution in [0.3, 0.4) is 0 Å². The highest BCUT2D eigenvalue weighted by Gasteiger charge is 2.63. The highest BCUT2D eigenvalue weighted by atomic mass is 35.5. The first-order valence-corrected chi connectivity index (χ1v) is 15.4. The Morgan fingerprint density at radius 3 is 2.15 bits per heavy atom. The second-order valence-corrected chi connectivity index (χ2v) is 14.1. The molecule has 2 aliphatic heterocycles. The maximum Gasteiger partial charge on any atom is 0.331 e. The molecule has 0 saturated carbocycles. The standard InChI is InChI=1S/C27H24ClN3O5S3/c1-27(2)23(26(33)36-22(17-9-5-3-6-10-17)18-11-7-4-8-12-18)31-24(32)21(25(31)37-27)29-38-30-39(34,35)20-15-13-19(28)14-16-20/h3-16,22-23,25,30H,1-2H3/b29-21-/t23-,25+/m0/s1. The van der Waals surface area contributed by atoms with Crippen LogP contribution in [0.2, 0.25) is 5.02 Å². The van der Waals surface area contributed by atoms with Crippen LogP contribution in [-0.4, -0.2) is 47.1 Å². The maximum atomic E-state index is 13.6. The fourth-order valence-corrected chi connectivity index (χ4v) is 7.89. The number of thioether (sulfide) groups is 1. The van der Waals surface area contributed by atoms with E-state index in [0.29, 0.717) is 17.2 Å². The summed E-state index contributed by atoms with van der Waals surface area (Å²) in [5.41, 5.74) is 1.81. The first-order valence-electron chi connectivity index (χ1n) is 11.9. The van der Waals surface area contributed by atoms with Gasteiger partial charge in [0.2, 0.25) is 0 Å². The lowest BCUT2D eigenvalue weighted by Crippen LogP contribution is -2.63. The lowest BCUT2D eigenvalue weighted by molar-refractivity contribution is -0.158. The van der Waals surface area contributed by atoms with E-state index in [1.807, 2.05) is 74.5 Å². The van der Waals surface area contributed by atoms with Gasteiger partial charge in [0.15, 0.2) is 6.10 Å². The van der Waals surface area contributed by atoms with Crippen LogP contribution in [0.4, 0.5) is 0 Å². The molecule has 2 atom stereocenters. The molecule has 1 N–H and O–H groups in total. The Hall–Kier alpha value is -2.83. The molecule has 8 nitrogen and oxygen atoms in total. The van der Waals surface area contributed by atoms with Crippen LogP contribution in [0.25, 0.3) is 0 Å². The smallest absolute Gasteiger partial charge is 0.331 e. The molecule has 0 aliphatic carbocycles. The minimum absolute atomic E-state index is 0.0201. The minimum atomic E-state index is -3.87. The second kappa shape index (κ2) is 11.0. The van der Waals surface area contributed by atoms with Crippen LogP contribution < -0.4 is 4.13 Å². The summed E-state index contributed by atoms with van der Waals surface area (Å²) in [6, 6.07) is 23.7. The molecule has 202 valence electrons. The molecule has 2 heterocycles. The van der Waals surface area contributed by atoms with Crippen molar-refractivity contribution in [1.29, 1.82) is 0 Å². The zero-order valence-corrected chi connectivity index (χ0v) is 24.1. The Morgan fingerprint density at radius 2 is 1.59 bits per heavy atom. The number of fused-ring (bicyclic) bond motifs is 1. The SMILES string of the molecule is CC1(C)S[C@@H]2/C(=N\SNS(=O)(=O)c3ccc(Cl)cc3)C(=O)N2[C@H]1C(=O)OC(c1ccccc1)c1ccccc1. The number of nitrogens with one attached hydrogen (secondary N) is 1. The lowest BCUT2D eigenvalue weighted by atomic mass is 9.96. The number of carbonyl (C=O) groups is 2. The molecule has 2 fully saturated rings. The fourth-order valence-electron chi connectivity index (χ4n) is 4.49. The van der Waals surface area contributed by atoms with E-state index in [4.69, 9.17) is 16.3 Å². The van der Waals surface area contributed by atoms with Gasteiger partial charge in [-0.25, -0.2) is 13.2 Å². The molecule has 2 saturated heterocycles. The third kappa shape index (κ3) is 5.59. The normalized spacial score (nSPS) is 21.1. The Labute approximate surface area is 240 Å². The van der Waals surface area contributed by atoms with Crippen molar-refractivity contribution in [2.45, 2.75) is 41.0 Å². The Bertz CT molecular complexity index is 1480. The summed E-state index contributed by atoms with van der Waals surface area (Å²) < 4.78 is 36.9. The van der Waals surface area contributed by atoms with E-state index in [2.05, 4.69) is 8.53 Å². The zero-order chi connectivity index (χ0) is 27.8. The summed E-state index contributed by atoms with van der Waals surface area (Å²) in [6.45, 7) is 3.76. The maximum absolute atomic E-state index is 13.6. The molecule has 0 aromatic heterocycles. The van der Waals surface area contributed by atoms with Gasteiger partial charge in [-0.3, -0.25) is 4.79 Å². The summed E-state index contributed by atoms with van der Waals surface area (Å²) in [4.78, 5) is 28.2. The molecule has 0 spiro atoms. The predicted octanol–water partition coefficient (Wildman–Crippen LogP) is 5.02. The molecule has 1 amide bonds. The molecule has 0 bridgehead atoms. The van der Waals surface area contributed by atoms with Crippen molar-refractivity contribution in [1.82, 2.24) is 9.03 Å². The van der Waals surface area contributed by atoms with Gasteiger partial charge in [-0.1, -0.05) is 72.3 Å². The molecule has 5 rings (SSSR count). The van der Waals surface area contributed by atoms with Crippen molar-refractivity contribution in [3.63, 3.8) is 0 Å². The third-order valence-electron chi connectivity index (χ3n) is 6.37. The van der Waals surface area contributed by atoms with E-state index >= 15 is 0 Å². The first kappa shape index (κ1) is 27.7. The molecule has 12 heteroatoms. The van der Waals surface area contributed by atoms with Gasteiger partial charge in [0.05, 0.1) is 17.0 Å². The van der Waals surface area contributed by atoms with Gasteiger partial charge < -0.3 is 9.64 Å². The van der Waals surface area contributed by atoms with Crippen molar-refractivity contribution in [2.24, 2.45) is 4.40 Å². The number of hydrogen-bond acceptors (Lipinski definition) is 8. The predicted molar refractivity (Wildman–Crippen MR) is 154 cm³/mol. The highest BCUT2D eigenvalue weighted by Crippen LogP contribution is 2.50. The van der Waals surface area contributed by atoms with Gasteiger partial charge in [0.1, 0.15) is 17.1 Å². The van der Waals surface area contributed by atoms with E-state index in [1.165, 1.54) is 40.9 Å². The van der Waals surface area contributed by atoms with Gasteiger partial charge in [0.25, 0.3) is 15.9 Å². The monoisotopic (exact) mass is 601 g/mol. The minimum Gasteiger partial charge on any atom is -0.451 e. The van der Waals surface area contributed by atoms with Crippen LogP contribution >= 0.6 is 35.5 Å². The average Bonchev–Trinajstić information content (AvgIpc) is 3.18. The topological polar surface area (TPSA) is 105 Å². The number of nitrogens with zero attached hydrogens (tertiary/aromatic N) is 2. The number of amides is 1. The zero-order valence-electron chi connectivity index (χ0n) is 20.9. The Kier molecular flexibility index (Phi) is 7.80. The molecule has 3 aromatic carbocycles. The summed E-state index contributed by atoms with van der Waals surface area (Å²) in [6.07, 6.45) is -0.637. The summed E-state index contributed by atoms with van der Waals surface area (Å²) in [5, 5.41) is -0.0840. The van der Waals surface area contributed by atoms with Crippen molar-refractivity contribution in [2.75, 3.05) is 0 Å². The second-order valence-electron chi connectivity index (χ2n) is 9.44.